The standard InChI is InChI=1S/C17H20N2O2/c1-11-7-8-19(10-16(11)20)17(21)14-5-6-15-13(9-14)4-3-12(2)18-15/h3-6,9,11,16,20H,7-8,10H2,1-2H3. The second kappa shape index (κ2) is 5.45. The third-order valence-corrected chi connectivity index (χ3v) is 4.28. The van der Waals surface area contributed by atoms with Gasteiger partial charge in [0.1, 0.15) is 0 Å². The Kier molecular flexibility index (Phi) is 3.64. The number of nitrogens with zero attached hydrogens (tertiary/aromatic N) is 2. The maximum absolute atomic E-state index is 12.6. The minimum absolute atomic E-state index is 0.0107. The molecule has 0 saturated carbocycles. The Morgan fingerprint density at radius 1 is 1.33 bits per heavy atom. The van der Waals surface area contributed by atoms with Crippen LogP contribution < -0.4 is 0 Å². The Bertz CT molecular complexity index is 684. The second-order valence-electron chi connectivity index (χ2n) is 5.94. The molecule has 1 fully saturated rings. The number of piperidine rings is 1. The van der Waals surface area contributed by atoms with Crippen molar-refractivity contribution < 1.29 is 9.90 Å². The van der Waals surface area contributed by atoms with E-state index in [1.54, 1.807) is 4.90 Å². The number of aliphatic hydroxyl groups excluding tert-OH is 1. The number of aliphatic hydroxyl groups is 1. The van der Waals surface area contributed by atoms with Crippen LogP contribution in [0, 0.1) is 12.8 Å². The minimum atomic E-state index is -0.424. The number of hydrogen-bond donors (Lipinski definition) is 1. The quantitative estimate of drug-likeness (QED) is 0.875. The van der Waals surface area contributed by atoms with Gasteiger partial charge >= 0.3 is 0 Å². The molecule has 2 unspecified atom stereocenters. The molecule has 1 aliphatic heterocycles. The van der Waals surface area contributed by atoms with Gasteiger partial charge in [-0.05, 0) is 43.5 Å². The van der Waals surface area contributed by atoms with Crippen LogP contribution in [0.3, 0.4) is 0 Å². The zero-order chi connectivity index (χ0) is 15.0. The molecule has 0 spiro atoms. The summed E-state index contributed by atoms with van der Waals surface area (Å²) in [7, 11) is 0. The lowest BCUT2D eigenvalue weighted by Gasteiger charge is -2.34. The van der Waals surface area contributed by atoms with Crippen molar-refractivity contribution in [2.45, 2.75) is 26.4 Å². The Morgan fingerprint density at radius 2 is 2.14 bits per heavy atom. The molecule has 1 N–H and O–H groups in total. The lowest BCUT2D eigenvalue weighted by atomic mass is 9.95. The Hall–Kier alpha value is -1.94. The fourth-order valence-electron chi connectivity index (χ4n) is 2.78. The predicted molar refractivity (Wildman–Crippen MR) is 82.2 cm³/mol. The van der Waals surface area contributed by atoms with Crippen molar-refractivity contribution in [3.63, 3.8) is 0 Å². The first-order valence-electron chi connectivity index (χ1n) is 7.39. The highest BCUT2D eigenvalue weighted by atomic mass is 16.3. The van der Waals surface area contributed by atoms with Crippen molar-refractivity contribution in [3.8, 4) is 0 Å². The molecule has 4 nitrogen and oxygen atoms in total. The van der Waals surface area contributed by atoms with Crippen molar-refractivity contribution in [2.24, 2.45) is 5.92 Å². The Morgan fingerprint density at radius 3 is 2.90 bits per heavy atom. The highest BCUT2D eigenvalue weighted by Gasteiger charge is 2.27. The van der Waals surface area contributed by atoms with Crippen LogP contribution in [-0.4, -0.2) is 40.1 Å². The third-order valence-electron chi connectivity index (χ3n) is 4.28. The van der Waals surface area contributed by atoms with E-state index in [4.69, 9.17) is 0 Å². The average Bonchev–Trinajstić information content (AvgIpc) is 2.49. The number of aryl methyl sites for hydroxylation is 1. The topological polar surface area (TPSA) is 53.4 Å². The van der Waals surface area contributed by atoms with Crippen LogP contribution in [0.15, 0.2) is 30.3 Å². The monoisotopic (exact) mass is 284 g/mol. The molecule has 0 bridgehead atoms. The lowest BCUT2D eigenvalue weighted by Crippen LogP contribution is -2.45. The fourth-order valence-corrected chi connectivity index (χ4v) is 2.78. The number of fused-ring (bicyclic) bond motifs is 1. The number of carbonyl (C=O) groups excluding carboxylic acids is 1. The lowest BCUT2D eigenvalue weighted by molar-refractivity contribution is 0.0249. The zero-order valence-corrected chi connectivity index (χ0v) is 12.4. The number of carbonyl (C=O) groups is 1. The summed E-state index contributed by atoms with van der Waals surface area (Å²) in [6.45, 7) is 5.11. The average molecular weight is 284 g/mol. The van der Waals surface area contributed by atoms with Crippen LogP contribution in [0.2, 0.25) is 0 Å². The summed E-state index contributed by atoms with van der Waals surface area (Å²) >= 11 is 0. The van der Waals surface area contributed by atoms with Gasteiger partial charge < -0.3 is 10.0 Å². The van der Waals surface area contributed by atoms with E-state index in [1.807, 2.05) is 44.2 Å². The van der Waals surface area contributed by atoms with Crippen molar-refractivity contribution in [3.05, 3.63) is 41.6 Å². The van der Waals surface area contributed by atoms with Gasteiger partial charge in [-0.1, -0.05) is 13.0 Å². The molecular weight excluding hydrogens is 264 g/mol. The molecule has 0 aliphatic carbocycles. The van der Waals surface area contributed by atoms with E-state index in [0.29, 0.717) is 18.7 Å². The molecule has 1 aliphatic rings. The van der Waals surface area contributed by atoms with E-state index in [9.17, 15) is 9.90 Å². The van der Waals surface area contributed by atoms with Gasteiger partial charge in [-0.15, -0.1) is 0 Å². The number of rotatable bonds is 1. The van der Waals surface area contributed by atoms with Crippen molar-refractivity contribution in [1.29, 1.82) is 0 Å². The smallest absolute Gasteiger partial charge is 0.253 e. The van der Waals surface area contributed by atoms with E-state index in [0.717, 1.165) is 23.0 Å². The van der Waals surface area contributed by atoms with Gasteiger partial charge in [-0.3, -0.25) is 9.78 Å². The molecule has 21 heavy (non-hydrogen) atoms. The number of likely N-dealkylation sites (tertiary alicyclic amines) is 1. The van der Waals surface area contributed by atoms with Gasteiger partial charge in [0.15, 0.2) is 0 Å². The molecule has 1 aromatic carbocycles. The number of pyridine rings is 1. The molecule has 3 rings (SSSR count). The number of aromatic nitrogens is 1. The van der Waals surface area contributed by atoms with Crippen molar-refractivity contribution >= 4 is 16.8 Å². The summed E-state index contributed by atoms with van der Waals surface area (Å²) in [6.07, 6.45) is 0.425. The van der Waals surface area contributed by atoms with Gasteiger partial charge in [0.2, 0.25) is 0 Å². The highest BCUT2D eigenvalue weighted by Crippen LogP contribution is 2.21. The van der Waals surface area contributed by atoms with Gasteiger partial charge in [0.25, 0.3) is 5.91 Å². The normalized spacial score (nSPS) is 22.5. The number of hydrogen-bond acceptors (Lipinski definition) is 3. The maximum atomic E-state index is 12.6. The summed E-state index contributed by atoms with van der Waals surface area (Å²) in [5.41, 5.74) is 2.53. The van der Waals surface area contributed by atoms with Crippen LogP contribution >= 0.6 is 0 Å². The second-order valence-corrected chi connectivity index (χ2v) is 5.94. The number of benzene rings is 1. The first kappa shape index (κ1) is 14.0. The van der Waals surface area contributed by atoms with Gasteiger partial charge in [0.05, 0.1) is 11.6 Å². The Balaban J connectivity index is 1.86. The van der Waals surface area contributed by atoms with Crippen molar-refractivity contribution in [1.82, 2.24) is 9.88 Å². The Labute approximate surface area is 124 Å². The first-order chi connectivity index (χ1) is 10.0. The van der Waals surface area contributed by atoms with Crippen LogP contribution in [0.25, 0.3) is 10.9 Å². The molecule has 110 valence electrons. The molecule has 1 saturated heterocycles. The fraction of sp³-hybridized carbons (Fsp3) is 0.412. The predicted octanol–water partition coefficient (Wildman–Crippen LogP) is 2.39. The van der Waals surface area contributed by atoms with Crippen LogP contribution in [0.4, 0.5) is 0 Å². The molecule has 0 radical (unpaired) electrons. The largest absolute Gasteiger partial charge is 0.391 e. The summed E-state index contributed by atoms with van der Waals surface area (Å²) in [4.78, 5) is 18.7. The summed E-state index contributed by atoms with van der Waals surface area (Å²) in [5.74, 6) is 0.251. The van der Waals surface area contributed by atoms with E-state index < -0.39 is 6.10 Å². The molecule has 2 heterocycles. The van der Waals surface area contributed by atoms with Gasteiger partial charge in [0, 0.05) is 29.7 Å². The molecule has 2 atom stereocenters. The molecule has 4 heteroatoms. The maximum Gasteiger partial charge on any atom is 0.253 e. The highest BCUT2D eigenvalue weighted by molar-refractivity contribution is 5.98. The van der Waals surface area contributed by atoms with E-state index in [-0.39, 0.29) is 11.8 Å². The third kappa shape index (κ3) is 2.76. The van der Waals surface area contributed by atoms with E-state index in [1.165, 1.54) is 0 Å². The molecule has 2 aromatic rings. The SMILES string of the molecule is Cc1ccc2cc(C(=O)N3CCC(C)C(O)C3)ccc2n1. The van der Waals surface area contributed by atoms with E-state index in [2.05, 4.69) is 4.98 Å². The van der Waals surface area contributed by atoms with Gasteiger partial charge in [-0.2, -0.15) is 0 Å². The van der Waals surface area contributed by atoms with Gasteiger partial charge in [-0.25, -0.2) is 0 Å². The number of β-amino-alcohol motifs (C(OH)–C–C–N with tert-alkyl or cyclic N) is 1. The molecule has 1 aromatic heterocycles. The zero-order valence-electron chi connectivity index (χ0n) is 12.4. The number of amides is 1. The minimum Gasteiger partial charge on any atom is -0.391 e. The summed E-state index contributed by atoms with van der Waals surface area (Å²) in [5, 5.41) is 10.9. The van der Waals surface area contributed by atoms with Crippen LogP contribution in [0.5, 0.6) is 0 Å². The van der Waals surface area contributed by atoms with Crippen LogP contribution in [0.1, 0.15) is 29.4 Å². The molecule has 1 amide bonds. The van der Waals surface area contributed by atoms with Crippen LogP contribution in [-0.2, 0) is 0 Å². The van der Waals surface area contributed by atoms with Crippen molar-refractivity contribution in [2.75, 3.05) is 13.1 Å². The summed E-state index contributed by atoms with van der Waals surface area (Å²) in [6, 6.07) is 9.53. The van der Waals surface area contributed by atoms with E-state index >= 15 is 0 Å². The summed E-state index contributed by atoms with van der Waals surface area (Å²) < 4.78 is 0. The molecular formula is C17H20N2O2. The first-order valence-corrected chi connectivity index (χ1v) is 7.39.